The quantitative estimate of drug-likeness (QED) is 0.113. The first-order valence-electron chi connectivity index (χ1n) is 19.9. The van der Waals surface area contributed by atoms with Crippen molar-refractivity contribution in [3.63, 3.8) is 0 Å². The van der Waals surface area contributed by atoms with Crippen LogP contribution in [0.15, 0.2) is 203 Å². The fraction of sp³-hybridized carbons (Fsp3) is 0.0189. The van der Waals surface area contributed by atoms with E-state index in [4.69, 9.17) is 0 Å². The third-order valence-electron chi connectivity index (χ3n) is 12.1. The Labute approximate surface area is 353 Å². The number of allylic oxidation sites excluding steroid dienone is 10. The molecule has 0 aliphatic carbocycles. The maximum Gasteiger partial charge on any atom is 0.553 e. The van der Waals surface area contributed by atoms with Crippen LogP contribution < -0.4 is 10.7 Å². The van der Waals surface area contributed by atoms with Crippen LogP contribution in [-0.2, 0) is 5.91 Å². The molecule has 1 atom stereocenters. The standard InChI is InChI=1S/C53H34N4S2/c58-39-19-11-37(12-20-39)17-25-43-49-31-27-45-41(23-15-35-7-3-1-4-8-35)46-28-32-50-44(26-18-38-13-21-40(59)22-14-38)52-34-30-48-42(24-16-36-9-5-2-6-10-36)47-29-33-51(43)56(47)53(54(45)49,55(46)50)57(48)52/h1-34H/p+2/b23-15+,24-16+. The molecule has 0 saturated heterocycles. The van der Waals surface area contributed by atoms with Crippen LogP contribution in [0.1, 0.15) is 33.6 Å². The van der Waals surface area contributed by atoms with Gasteiger partial charge in [-0.25, -0.2) is 0 Å². The van der Waals surface area contributed by atoms with E-state index >= 15 is 0 Å². The van der Waals surface area contributed by atoms with E-state index in [2.05, 4.69) is 226 Å². The molecule has 0 fully saturated rings. The zero-order chi connectivity index (χ0) is 39.2. The van der Waals surface area contributed by atoms with E-state index in [1.54, 1.807) is 0 Å². The van der Waals surface area contributed by atoms with Crippen LogP contribution >= 0.6 is 25.3 Å². The molecular formula is C53H36N4S2+2. The minimum atomic E-state index is -0.811. The number of hydrogen-bond donors (Lipinski definition) is 2. The van der Waals surface area contributed by atoms with Crippen molar-refractivity contribution < 1.29 is 9.15 Å². The van der Waals surface area contributed by atoms with Gasteiger partial charge in [-0.15, -0.1) is 25.3 Å². The van der Waals surface area contributed by atoms with Crippen molar-refractivity contribution in [3.8, 4) is 0 Å². The second kappa shape index (κ2) is 13.1. The zero-order valence-electron chi connectivity index (χ0n) is 31.8. The molecule has 59 heavy (non-hydrogen) atoms. The molecule has 0 N–H and O–H groups in total. The van der Waals surface area contributed by atoms with Gasteiger partial charge < -0.3 is 0 Å². The van der Waals surface area contributed by atoms with Crippen molar-refractivity contribution in [1.29, 1.82) is 0 Å². The van der Waals surface area contributed by atoms with Gasteiger partial charge in [0.1, 0.15) is 0 Å². The molecule has 2 aromatic heterocycles. The van der Waals surface area contributed by atoms with Crippen molar-refractivity contribution in [2.24, 2.45) is 0 Å². The Kier molecular flexibility index (Phi) is 7.58. The molecule has 1 unspecified atom stereocenters. The van der Waals surface area contributed by atoms with E-state index in [9.17, 15) is 0 Å². The fourth-order valence-electron chi connectivity index (χ4n) is 9.55. The predicted molar refractivity (Wildman–Crippen MR) is 247 cm³/mol. The van der Waals surface area contributed by atoms with Gasteiger partial charge in [0.15, 0.2) is 0 Å². The molecule has 6 aliphatic rings. The molecule has 0 radical (unpaired) electrons. The summed E-state index contributed by atoms with van der Waals surface area (Å²) < 4.78 is 10.4. The van der Waals surface area contributed by atoms with Crippen LogP contribution in [0.4, 0.5) is 0 Å². The van der Waals surface area contributed by atoms with Crippen molar-refractivity contribution in [3.05, 3.63) is 238 Å². The molecule has 8 heterocycles. The molecule has 6 heteroatoms. The largest absolute Gasteiger partial charge is 0.553 e. The Morgan fingerprint density at radius 3 is 1.19 bits per heavy atom. The third-order valence-corrected chi connectivity index (χ3v) is 12.7. The van der Waals surface area contributed by atoms with E-state index in [0.717, 1.165) is 65.6 Å². The molecule has 4 aromatic carbocycles. The van der Waals surface area contributed by atoms with Gasteiger partial charge in [-0.05, 0) is 95.1 Å². The summed E-state index contributed by atoms with van der Waals surface area (Å²) in [7, 11) is 0. The zero-order valence-corrected chi connectivity index (χ0v) is 33.6. The van der Waals surface area contributed by atoms with Crippen LogP contribution in [0.5, 0.6) is 0 Å². The lowest BCUT2D eigenvalue weighted by Crippen LogP contribution is -2.71. The first kappa shape index (κ1) is 34.2. The highest BCUT2D eigenvalue weighted by molar-refractivity contribution is 7.80. The average molecular weight is 793 g/mol. The van der Waals surface area contributed by atoms with Crippen molar-refractivity contribution in [2.45, 2.75) is 15.7 Å². The number of rotatable bonds is 8. The normalized spacial score (nSPS) is 19.4. The Balaban J connectivity index is 1.19. The summed E-state index contributed by atoms with van der Waals surface area (Å²) in [6.07, 6.45) is 27.4. The van der Waals surface area contributed by atoms with Crippen LogP contribution in [0, 0.1) is 0 Å². The summed E-state index contributed by atoms with van der Waals surface area (Å²) in [6.45, 7) is 0. The molecule has 6 aromatic rings. The predicted octanol–water partition coefficient (Wildman–Crippen LogP) is 9.66. The van der Waals surface area contributed by atoms with E-state index in [1.165, 1.54) is 33.6 Å². The van der Waals surface area contributed by atoms with E-state index in [1.807, 2.05) is 24.3 Å². The van der Waals surface area contributed by atoms with Gasteiger partial charge in [-0.2, -0.15) is 9.13 Å². The van der Waals surface area contributed by atoms with Crippen LogP contribution in [-0.4, -0.2) is 29.7 Å². The summed E-state index contributed by atoms with van der Waals surface area (Å²) in [5.74, 6) is -0.811. The SMILES string of the molecule is Sc1ccc(/C=C/C2=C3C=CC4=[N+]3C35n6c2ccc6C(/C=C/c2ccccc2)=C2C=CC(=[N+]23)C(/C=C/c2ccc(S)cc2)=c2ccc(n25)=C4/C=C/c2ccccc2)cc1. The van der Waals surface area contributed by atoms with Crippen LogP contribution in [0.3, 0.4) is 0 Å². The van der Waals surface area contributed by atoms with Gasteiger partial charge in [0.2, 0.25) is 22.8 Å². The summed E-state index contributed by atoms with van der Waals surface area (Å²) in [4.78, 5) is 1.90. The minimum Gasteiger partial charge on any atom is -0.198 e. The minimum absolute atomic E-state index is 0.811. The van der Waals surface area contributed by atoms with Gasteiger partial charge in [-0.3, -0.25) is 0 Å². The molecular weight excluding hydrogens is 757 g/mol. The number of benzene rings is 4. The Morgan fingerprint density at radius 2 is 0.763 bits per heavy atom. The number of aromatic nitrogens is 2. The van der Waals surface area contributed by atoms with Gasteiger partial charge >= 0.3 is 5.91 Å². The monoisotopic (exact) mass is 792 g/mol. The Bertz CT molecular complexity index is 3280. The van der Waals surface area contributed by atoms with Gasteiger partial charge in [-0.1, -0.05) is 118 Å². The fourth-order valence-corrected chi connectivity index (χ4v) is 9.84. The summed E-state index contributed by atoms with van der Waals surface area (Å²) >= 11 is 9.11. The van der Waals surface area contributed by atoms with Crippen molar-refractivity contribution >= 4 is 83.3 Å². The third kappa shape index (κ3) is 5.00. The lowest BCUT2D eigenvalue weighted by molar-refractivity contribution is -0.834. The van der Waals surface area contributed by atoms with Crippen molar-refractivity contribution in [2.75, 3.05) is 0 Å². The number of nitrogens with zero attached hydrogens (tertiary/aromatic N) is 4. The smallest absolute Gasteiger partial charge is 0.198 e. The van der Waals surface area contributed by atoms with Gasteiger partial charge in [0, 0.05) is 34.1 Å². The molecule has 0 saturated carbocycles. The topological polar surface area (TPSA) is 15.9 Å². The highest BCUT2D eigenvalue weighted by atomic mass is 32.1. The van der Waals surface area contributed by atoms with Crippen molar-refractivity contribution in [1.82, 2.24) is 9.13 Å². The molecule has 6 aliphatic heterocycles. The molecule has 0 amide bonds. The molecule has 1 spiro atoms. The van der Waals surface area contributed by atoms with Gasteiger partial charge in [0.25, 0.3) is 0 Å². The molecule has 278 valence electrons. The second-order valence-corrected chi connectivity index (χ2v) is 16.4. The second-order valence-electron chi connectivity index (χ2n) is 15.3. The highest BCUT2D eigenvalue weighted by Gasteiger charge is 2.72. The van der Waals surface area contributed by atoms with Crippen LogP contribution in [0.25, 0.3) is 46.6 Å². The molecule has 12 rings (SSSR count). The lowest BCUT2D eigenvalue weighted by atomic mass is 9.98. The lowest BCUT2D eigenvalue weighted by Gasteiger charge is -2.40. The first-order chi connectivity index (χ1) is 29.1. The Hall–Kier alpha value is -6.86. The maximum atomic E-state index is 4.56. The Morgan fingerprint density at radius 1 is 0.373 bits per heavy atom. The first-order valence-corrected chi connectivity index (χ1v) is 20.8. The maximum absolute atomic E-state index is 4.56. The molecule has 4 nitrogen and oxygen atoms in total. The van der Waals surface area contributed by atoms with E-state index < -0.39 is 5.91 Å². The average Bonchev–Trinajstić information content (AvgIpc) is 4.10. The summed E-state index contributed by atoms with van der Waals surface area (Å²) in [5.41, 5.74) is 16.2. The summed E-state index contributed by atoms with van der Waals surface area (Å²) in [6, 6.07) is 47.2. The van der Waals surface area contributed by atoms with E-state index in [-0.39, 0.29) is 0 Å². The number of thiol groups is 2. The highest BCUT2D eigenvalue weighted by Crippen LogP contribution is 2.51. The molecule has 0 bridgehead atoms. The van der Waals surface area contributed by atoms with Crippen LogP contribution in [0.2, 0.25) is 0 Å². The number of hydrogen-bond acceptors (Lipinski definition) is 2. The van der Waals surface area contributed by atoms with E-state index in [0.29, 0.717) is 0 Å². The summed E-state index contributed by atoms with van der Waals surface area (Å²) in [5, 5.41) is 2.33. The van der Waals surface area contributed by atoms with Gasteiger partial charge in [0.05, 0.1) is 44.4 Å².